The lowest BCUT2D eigenvalue weighted by atomic mass is 9.93. The van der Waals surface area contributed by atoms with Gasteiger partial charge in [-0.25, -0.2) is 9.48 Å². The minimum absolute atomic E-state index is 0.326. The Morgan fingerprint density at radius 1 is 1.06 bits per heavy atom. The molecule has 2 aromatic carbocycles. The van der Waals surface area contributed by atoms with Crippen molar-refractivity contribution in [3.05, 3.63) is 83.7 Å². The highest BCUT2D eigenvalue weighted by Crippen LogP contribution is 2.22. The molecule has 3 aromatic rings. The second kappa shape index (κ2) is 8.06. The lowest BCUT2D eigenvalue weighted by Crippen LogP contribution is -2.48. The molecule has 2 heterocycles. The number of aryl methyl sites for hydroxylation is 2. The van der Waals surface area contributed by atoms with Crippen LogP contribution in [-0.4, -0.2) is 38.2 Å². The third-order valence-corrected chi connectivity index (χ3v) is 5.44. The fraction of sp³-hybridized carbons (Fsp3) is 0.217. The summed E-state index contributed by atoms with van der Waals surface area (Å²) in [7, 11) is 0. The predicted octanol–water partition coefficient (Wildman–Crippen LogP) is 2.77. The van der Waals surface area contributed by atoms with Crippen molar-refractivity contribution in [2.24, 2.45) is 0 Å². The Labute approximate surface area is 179 Å². The molecule has 0 radical (unpaired) electrons. The number of imide groups is 1. The number of hydrazine groups is 1. The van der Waals surface area contributed by atoms with Gasteiger partial charge in [0.05, 0.1) is 5.69 Å². The highest BCUT2D eigenvalue weighted by Gasteiger charge is 2.48. The Hall–Kier alpha value is -3.94. The van der Waals surface area contributed by atoms with Crippen LogP contribution in [0.5, 0.6) is 0 Å². The van der Waals surface area contributed by atoms with Crippen LogP contribution in [0.4, 0.5) is 4.79 Å². The van der Waals surface area contributed by atoms with Crippen LogP contribution in [0.15, 0.2) is 66.9 Å². The molecule has 8 nitrogen and oxygen atoms in total. The molecule has 1 atom stereocenters. The number of hydrogen-bond donors (Lipinski definition) is 2. The monoisotopic (exact) mass is 417 g/mol. The maximum Gasteiger partial charge on any atom is 0.344 e. The van der Waals surface area contributed by atoms with Crippen molar-refractivity contribution >= 4 is 17.8 Å². The summed E-state index contributed by atoms with van der Waals surface area (Å²) in [5.41, 5.74) is 4.51. The van der Waals surface area contributed by atoms with Gasteiger partial charge >= 0.3 is 6.03 Å². The molecule has 1 aliphatic rings. The Kier molecular flexibility index (Phi) is 5.29. The lowest BCUT2D eigenvalue weighted by molar-refractivity contribution is -0.132. The number of rotatable bonds is 6. The third-order valence-electron chi connectivity index (χ3n) is 5.44. The number of amides is 4. The van der Waals surface area contributed by atoms with Gasteiger partial charge in [-0.2, -0.15) is 10.1 Å². The fourth-order valence-electron chi connectivity index (χ4n) is 3.55. The van der Waals surface area contributed by atoms with Gasteiger partial charge in [0.2, 0.25) is 0 Å². The third kappa shape index (κ3) is 4.05. The standard InChI is InChI=1S/C23H23N5O3/c1-16-13-15-24-27(16)19-10-8-18(9-11-19)20(29)26-28-21(30)23(2,25-22(28)31)14-12-17-6-4-3-5-7-17/h3-11,13,15H,12,14H2,1-2H3,(H,25,31)(H,26,29)/t23-/m0/s1. The minimum atomic E-state index is -1.08. The number of nitrogens with one attached hydrogen (secondary N) is 2. The zero-order valence-corrected chi connectivity index (χ0v) is 17.3. The Balaban J connectivity index is 1.42. The van der Waals surface area contributed by atoms with Gasteiger partial charge in [0, 0.05) is 17.5 Å². The van der Waals surface area contributed by atoms with Crippen LogP contribution in [0.3, 0.4) is 0 Å². The molecule has 4 rings (SSSR count). The van der Waals surface area contributed by atoms with E-state index in [1.807, 2.05) is 43.3 Å². The van der Waals surface area contributed by atoms with Crippen molar-refractivity contribution < 1.29 is 14.4 Å². The molecule has 0 spiro atoms. The SMILES string of the molecule is Cc1ccnn1-c1ccc(C(=O)NN2C(=O)N[C@@](C)(CCc3ccccc3)C2=O)cc1. The molecule has 0 aliphatic carbocycles. The van der Waals surface area contributed by atoms with Crippen molar-refractivity contribution in [1.29, 1.82) is 0 Å². The molecule has 158 valence electrons. The van der Waals surface area contributed by atoms with Crippen LogP contribution in [0.25, 0.3) is 5.69 Å². The Morgan fingerprint density at radius 3 is 2.42 bits per heavy atom. The highest BCUT2D eigenvalue weighted by molar-refractivity contribution is 6.09. The number of nitrogens with zero attached hydrogens (tertiary/aromatic N) is 3. The van der Waals surface area contributed by atoms with Gasteiger partial charge in [-0.15, -0.1) is 0 Å². The zero-order chi connectivity index (χ0) is 22.0. The number of hydrogen-bond acceptors (Lipinski definition) is 4. The second-order valence-corrected chi connectivity index (χ2v) is 7.76. The lowest BCUT2D eigenvalue weighted by Gasteiger charge is -2.21. The number of carbonyl (C=O) groups excluding carboxylic acids is 3. The van der Waals surface area contributed by atoms with Crippen LogP contribution in [-0.2, 0) is 11.2 Å². The Morgan fingerprint density at radius 2 is 1.77 bits per heavy atom. The summed E-state index contributed by atoms with van der Waals surface area (Å²) in [6, 6.07) is 17.7. The van der Waals surface area contributed by atoms with Gasteiger partial charge in [0.1, 0.15) is 5.54 Å². The molecule has 8 heteroatoms. The highest BCUT2D eigenvalue weighted by atomic mass is 16.2. The van der Waals surface area contributed by atoms with Gasteiger partial charge in [0.15, 0.2) is 0 Å². The quantitative estimate of drug-likeness (QED) is 0.603. The van der Waals surface area contributed by atoms with Crippen LogP contribution < -0.4 is 10.7 Å². The van der Waals surface area contributed by atoms with E-state index in [-0.39, 0.29) is 0 Å². The molecule has 1 aliphatic heterocycles. The van der Waals surface area contributed by atoms with E-state index in [4.69, 9.17) is 0 Å². The average Bonchev–Trinajstić information content (AvgIpc) is 3.30. The number of aromatic nitrogens is 2. The molecular formula is C23H23N5O3. The predicted molar refractivity (Wildman–Crippen MR) is 114 cm³/mol. The number of benzene rings is 2. The summed E-state index contributed by atoms with van der Waals surface area (Å²) < 4.78 is 1.75. The first-order valence-corrected chi connectivity index (χ1v) is 10.00. The molecule has 0 bridgehead atoms. The molecule has 31 heavy (non-hydrogen) atoms. The summed E-state index contributed by atoms with van der Waals surface area (Å²) in [4.78, 5) is 37.9. The van der Waals surface area contributed by atoms with Crippen molar-refractivity contribution in [1.82, 2.24) is 25.5 Å². The fourth-order valence-corrected chi connectivity index (χ4v) is 3.55. The van der Waals surface area contributed by atoms with Crippen LogP contribution in [0, 0.1) is 6.92 Å². The summed E-state index contributed by atoms with van der Waals surface area (Å²) in [6.07, 6.45) is 2.74. The maximum atomic E-state index is 12.9. The molecule has 0 saturated carbocycles. The van der Waals surface area contributed by atoms with Crippen LogP contribution >= 0.6 is 0 Å². The molecule has 2 N–H and O–H groups in total. The first kappa shape index (κ1) is 20.3. The topological polar surface area (TPSA) is 96.3 Å². The summed E-state index contributed by atoms with van der Waals surface area (Å²) in [5.74, 6) is -1.02. The first-order chi connectivity index (χ1) is 14.9. The maximum absolute atomic E-state index is 12.9. The second-order valence-electron chi connectivity index (χ2n) is 7.76. The summed E-state index contributed by atoms with van der Waals surface area (Å²) >= 11 is 0. The Bertz CT molecular complexity index is 1120. The largest absolute Gasteiger partial charge is 0.344 e. The molecule has 1 fully saturated rings. The number of urea groups is 1. The number of carbonyl (C=O) groups is 3. The van der Waals surface area contributed by atoms with Gasteiger partial charge < -0.3 is 5.32 Å². The van der Waals surface area contributed by atoms with Gasteiger partial charge in [-0.1, -0.05) is 30.3 Å². The van der Waals surface area contributed by atoms with Crippen LogP contribution in [0.1, 0.15) is 35.0 Å². The van der Waals surface area contributed by atoms with E-state index < -0.39 is 23.4 Å². The van der Waals surface area contributed by atoms with Crippen molar-refractivity contribution in [3.8, 4) is 5.69 Å². The van der Waals surface area contributed by atoms with E-state index in [0.717, 1.165) is 22.0 Å². The van der Waals surface area contributed by atoms with E-state index in [9.17, 15) is 14.4 Å². The van der Waals surface area contributed by atoms with E-state index in [0.29, 0.717) is 18.4 Å². The van der Waals surface area contributed by atoms with Crippen molar-refractivity contribution in [3.63, 3.8) is 0 Å². The van der Waals surface area contributed by atoms with Crippen LogP contribution in [0.2, 0.25) is 0 Å². The van der Waals surface area contributed by atoms with E-state index in [1.54, 1.807) is 42.1 Å². The smallest absolute Gasteiger partial charge is 0.322 e. The normalized spacial score (nSPS) is 18.2. The van der Waals surface area contributed by atoms with E-state index >= 15 is 0 Å². The first-order valence-electron chi connectivity index (χ1n) is 10.00. The summed E-state index contributed by atoms with van der Waals surface area (Å²) in [6.45, 7) is 3.60. The zero-order valence-electron chi connectivity index (χ0n) is 17.3. The van der Waals surface area contributed by atoms with Gasteiger partial charge in [-0.05, 0) is 62.6 Å². The minimum Gasteiger partial charge on any atom is -0.322 e. The van der Waals surface area contributed by atoms with E-state index in [1.165, 1.54) is 0 Å². The van der Waals surface area contributed by atoms with Gasteiger partial charge in [-0.3, -0.25) is 15.0 Å². The van der Waals surface area contributed by atoms with Crippen molar-refractivity contribution in [2.45, 2.75) is 32.2 Å². The molecule has 4 amide bonds. The molecule has 1 saturated heterocycles. The van der Waals surface area contributed by atoms with Crippen molar-refractivity contribution in [2.75, 3.05) is 0 Å². The molecule has 0 unspecified atom stereocenters. The van der Waals surface area contributed by atoms with Gasteiger partial charge in [0.25, 0.3) is 11.8 Å². The summed E-state index contributed by atoms with van der Waals surface area (Å²) in [5, 5.41) is 7.69. The molecular weight excluding hydrogens is 394 g/mol. The molecule has 1 aromatic heterocycles. The average molecular weight is 417 g/mol. The van der Waals surface area contributed by atoms with E-state index in [2.05, 4.69) is 15.8 Å².